The second kappa shape index (κ2) is 6.08. The van der Waals surface area contributed by atoms with E-state index >= 15 is 0 Å². The molecule has 1 aliphatic carbocycles. The molecule has 0 aromatic carbocycles. The number of hydrogen-bond donors (Lipinski definition) is 2. The lowest BCUT2D eigenvalue weighted by Crippen LogP contribution is -2.45. The van der Waals surface area contributed by atoms with E-state index in [-0.39, 0.29) is 17.1 Å². The summed E-state index contributed by atoms with van der Waals surface area (Å²) in [7, 11) is -1.81. The van der Waals surface area contributed by atoms with Crippen molar-refractivity contribution in [3.63, 3.8) is 0 Å². The lowest BCUT2D eigenvalue weighted by Gasteiger charge is -2.19. The van der Waals surface area contributed by atoms with Gasteiger partial charge in [-0.25, -0.2) is 13.1 Å². The third-order valence-electron chi connectivity index (χ3n) is 3.11. The Kier molecular flexibility index (Phi) is 5.30. The zero-order valence-corrected chi connectivity index (χ0v) is 11.8. The van der Waals surface area contributed by atoms with Gasteiger partial charge < -0.3 is 10.5 Å². The molecule has 0 spiro atoms. The first-order chi connectivity index (χ1) is 7.90. The Balaban J connectivity index is 2.64. The second-order valence-corrected chi connectivity index (χ2v) is 6.70. The fourth-order valence-corrected chi connectivity index (χ4v) is 4.28. The molecule has 0 aliphatic heterocycles. The molecule has 7 heteroatoms. The van der Waals surface area contributed by atoms with Gasteiger partial charge >= 0.3 is 0 Å². The lowest BCUT2D eigenvalue weighted by molar-refractivity contribution is 0.107. The maximum Gasteiger partial charge on any atom is 0.221 e. The molecule has 100 valence electrons. The van der Waals surface area contributed by atoms with Crippen molar-refractivity contribution in [2.24, 2.45) is 5.73 Å². The van der Waals surface area contributed by atoms with E-state index in [1.165, 1.54) is 0 Å². The van der Waals surface area contributed by atoms with Gasteiger partial charge in [-0.2, -0.15) is 0 Å². The van der Waals surface area contributed by atoms with Gasteiger partial charge in [-0.05, 0) is 25.7 Å². The Bertz CT molecular complexity index is 370. The van der Waals surface area contributed by atoms with Crippen molar-refractivity contribution in [3.05, 3.63) is 0 Å². The van der Waals surface area contributed by atoms with Crippen LogP contribution in [0, 0.1) is 0 Å². The average molecular weight is 280 g/mol. The highest BCUT2D eigenvalue weighted by molar-refractivity contribution is 7.93. The smallest absolute Gasteiger partial charge is 0.221 e. The van der Waals surface area contributed by atoms with Crippen LogP contribution in [0.3, 0.4) is 0 Å². The number of methoxy groups -OCH3 is 1. The molecule has 1 rings (SSSR count). The van der Waals surface area contributed by atoms with Gasteiger partial charge in [0.25, 0.3) is 0 Å². The number of hydrogen-bond acceptors (Lipinski definition) is 4. The van der Waals surface area contributed by atoms with E-state index in [9.17, 15) is 8.42 Å². The zero-order valence-electron chi connectivity index (χ0n) is 10.2. The molecule has 1 fully saturated rings. The van der Waals surface area contributed by atoms with E-state index in [2.05, 4.69) is 4.72 Å². The third-order valence-corrected chi connectivity index (χ3v) is 5.54. The van der Waals surface area contributed by atoms with Crippen molar-refractivity contribution in [2.45, 2.75) is 50.0 Å². The third kappa shape index (κ3) is 3.87. The van der Waals surface area contributed by atoms with E-state index in [0.717, 1.165) is 12.8 Å². The van der Waals surface area contributed by atoms with E-state index in [4.69, 9.17) is 22.7 Å². The summed E-state index contributed by atoms with van der Waals surface area (Å²) in [5, 5.41) is -0.779. The van der Waals surface area contributed by atoms with Crippen molar-refractivity contribution in [3.8, 4) is 0 Å². The highest BCUT2D eigenvalue weighted by Crippen LogP contribution is 2.22. The Hall–Kier alpha value is -0.240. The van der Waals surface area contributed by atoms with Crippen molar-refractivity contribution < 1.29 is 13.2 Å². The number of thiocarbonyl (C=S) groups is 1. The predicted molar refractivity (Wildman–Crippen MR) is 71.4 cm³/mol. The van der Waals surface area contributed by atoms with Crippen LogP contribution in [0.2, 0.25) is 0 Å². The number of nitrogens with one attached hydrogen (secondary N) is 1. The van der Waals surface area contributed by atoms with Crippen LogP contribution in [0.1, 0.15) is 32.6 Å². The minimum atomic E-state index is -3.46. The average Bonchev–Trinajstić information content (AvgIpc) is 2.64. The van der Waals surface area contributed by atoms with Crippen LogP contribution >= 0.6 is 12.2 Å². The van der Waals surface area contributed by atoms with Crippen molar-refractivity contribution in [1.29, 1.82) is 0 Å². The summed E-state index contributed by atoms with van der Waals surface area (Å²) < 4.78 is 32.0. The summed E-state index contributed by atoms with van der Waals surface area (Å²) in [6, 6.07) is -0.0617. The molecule has 0 bridgehead atoms. The molecule has 0 radical (unpaired) electrons. The molecule has 0 amide bonds. The Morgan fingerprint density at radius 3 is 2.65 bits per heavy atom. The lowest BCUT2D eigenvalue weighted by atomic mass is 10.3. The number of nitrogens with two attached hydrogens (primary N) is 1. The maximum atomic E-state index is 12.0. The first kappa shape index (κ1) is 14.8. The van der Waals surface area contributed by atoms with Crippen LogP contribution in [0.15, 0.2) is 0 Å². The first-order valence-corrected chi connectivity index (χ1v) is 7.69. The Labute approximate surface area is 108 Å². The monoisotopic (exact) mass is 280 g/mol. The van der Waals surface area contributed by atoms with Gasteiger partial charge in [0.15, 0.2) is 0 Å². The molecule has 3 N–H and O–H groups in total. The predicted octanol–water partition coefficient (Wildman–Crippen LogP) is 0.538. The van der Waals surface area contributed by atoms with E-state index < -0.39 is 15.3 Å². The van der Waals surface area contributed by atoms with Gasteiger partial charge in [-0.3, -0.25) is 0 Å². The van der Waals surface area contributed by atoms with Gasteiger partial charge in [0, 0.05) is 13.2 Å². The molecule has 0 aromatic rings. The fourth-order valence-electron chi connectivity index (χ4n) is 2.15. The largest absolute Gasteiger partial charge is 0.392 e. The summed E-state index contributed by atoms with van der Waals surface area (Å²) in [4.78, 5) is 0.0290. The minimum absolute atomic E-state index is 0.0290. The van der Waals surface area contributed by atoms with Gasteiger partial charge in [0.05, 0.1) is 11.1 Å². The van der Waals surface area contributed by atoms with Crippen molar-refractivity contribution in [1.82, 2.24) is 4.72 Å². The van der Waals surface area contributed by atoms with Gasteiger partial charge in [-0.1, -0.05) is 19.1 Å². The first-order valence-electron chi connectivity index (χ1n) is 5.74. The van der Waals surface area contributed by atoms with Crippen LogP contribution in [-0.2, 0) is 14.8 Å². The van der Waals surface area contributed by atoms with Crippen LogP contribution in [-0.4, -0.2) is 37.9 Å². The number of ether oxygens (including phenoxy) is 1. The van der Waals surface area contributed by atoms with Gasteiger partial charge in [0.1, 0.15) is 5.25 Å². The Morgan fingerprint density at radius 1 is 1.59 bits per heavy atom. The molecule has 0 aromatic heterocycles. The van der Waals surface area contributed by atoms with Gasteiger partial charge in [0.2, 0.25) is 10.0 Å². The highest BCUT2D eigenvalue weighted by atomic mass is 32.2. The van der Waals surface area contributed by atoms with Crippen LogP contribution < -0.4 is 10.5 Å². The van der Waals surface area contributed by atoms with Gasteiger partial charge in [-0.15, -0.1) is 0 Å². The van der Waals surface area contributed by atoms with Crippen molar-refractivity contribution in [2.75, 3.05) is 7.11 Å². The molecule has 0 heterocycles. The normalized spacial score (nSPS) is 26.9. The van der Waals surface area contributed by atoms with Crippen molar-refractivity contribution >= 4 is 27.2 Å². The SMILES string of the molecule is CCC(C(N)=S)S(=O)(=O)NC1CCC(OC)C1. The maximum absolute atomic E-state index is 12.0. The summed E-state index contributed by atoms with van der Waals surface area (Å²) in [6.07, 6.45) is 2.93. The highest BCUT2D eigenvalue weighted by Gasteiger charge is 2.32. The molecular weight excluding hydrogens is 260 g/mol. The van der Waals surface area contributed by atoms with Crippen LogP contribution in [0.4, 0.5) is 0 Å². The van der Waals surface area contributed by atoms with Crippen LogP contribution in [0.5, 0.6) is 0 Å². The number of rotatable bonds is 6. The minimum Gasteiger partial charge on any atom is -0.392 e. The van der Waals surface area contributed by atoms with E-state index in [0.29, 0.717) is 12.8 Å². The van der Waals surface area contributed by atoms with E-state index in [1.807, 2.05) is 0 Å². The topological polar surface area (TPSA) is 81.4 Å². The molecule has 5 nitrogen and oxygen atoms in total. The molecule has 0 saturated heterocycles. The Morgan fingerprint density at radius 2 is 2.24 bits per heavy atom. The van der Waals surface area contributed by atoms with Crippen LogP contribution in [0.25, 0.3) is 0 Å². The standard InChI is InChI=1S/C10H20N2O3S2/c1-3-9(10(11)16)17(13,14)12-7-4-5-8(6-7)15-2/h7-9,12H,3-6H2,1-2H3,(H2,11,16). The fraction of sp³-hybridized carbons (Fsp3) is 0.900. The quantitative estimate of drug-likeness (QED) is 0.694. The van der Waals surface area contributed by atoms with E-state index in [1.54, 1.807) is 14.0 Å². The second-order valence-electron chi connectivity index (χ2n) is 4.33. The summed E-state index contributed by atoms with van der Waals surface area (Å²) in [5.41, 5.74) is 5.45. The summed E-state index contributed by atoms with van der Waals surface area (Å²) in [5.74, 6) is 0. The molecule has 1 saturated carbocycles. The summed E-state index contributed by atoms with van der Waals surface area (Å²) in [6.45, 7) is 1.76. The molecule has 1 aliphatic rings. The number of sulfonamides is 1. The molecular formula is C10H20N2O3S2. The molecule has 3 unspecified atom stereocenters. The summed E-state index contributed by atoms with van der Waals surface area (Å²) >= 11 is 4.79. The zero-order chi connectivity index (χ0) is 13.1. The molecule has 3 atom stereocenters. The molecule has 17 heavy (non-hydrogen) atoms.